The lowest BCUT2D eigenvalue weighted by molar-refractivity contribution is -0.128. The van der Waals surface area contributed by atoms with Crippen LogP contribution >= 0.6 is 0 Å². The number of anilines is 2. The van der Waals surface area contributed by atoms with Gasteiger partial charge in [-0.15, -0.1) is 0 Å². The Morgan fingerprint density at radius 3 is 2.27 bits per heavy atom. The molecule has 3 heterocycles. The molecule has 0 saturated carbocycles. The first-order valence-corrected chi connectivity index (χ1v) is 13.5. The Hall–Kier alpha value is -3.80. The Morgan fingerprint density at radius 2 is 1.68 bits per heavy atom. The predicted molar refractivity (Wildman–Crippen MR) is 134 cm³/mol. The van der Waals surface area contributed by atoms with Gasteiger partial charge in [-0.25, -0.2) is 9.18 Å². The molecule has 0 spiro atoms. The summed E-state index contributed by atoms with van der Waals surface area (Å²) in [5.41, 5.74) is 1.29. The maximum atomic E-state index is 15.1. The molecule has 194 valence electrons. The van der Waals surface area contributed by atoms with Crippen molar-refractivity contribution < 1.29 is 32.5 Å². The fourth-order valence-corrected chi connectivity index (χ4v) is 5.35. The summed E-state index contributed by atoms with van der Waals surface area (Å²) in [6, 6.07) is 11.0. The van der Waals surface area contributed by atoms with Gasteiger partial charge in [0, 0.05) is 43.2 Å². The van der Waals surface area contributed by atoms with Gasteiger partial charge < -0.3 is 14.5 Å². The van der Waals surface area contributed by atoms with E-state index in [1.54, 1.807) is 41.3 Å². The Kier molecular flexibility index (Phi) is 6.67. The van der Waals surface area contributed by atoms with Crippen LogP contribution in [-0.2, 0) is 20.3 Å². The second-order valence-corrected chi connectivity index (χ2v) is 10.5. The van der Waals surface area contributed by atoms with E-state index in [1.165, 1.54) is 17.2 Å². The molecule has 0 radical (unpaired) electrons. The number of cyclic esters (lactones) is 1. The van der Waals surface area contributed by atoms with E-state index in [0.717, 1.165) is 4.90 Å². The third-order valence-corrected chi connectivity index (χ3v) is 7.33. The molecule has 5 rings (SSSR count). The maximum absolute atomic E-state index is 15.1. The van der Waals surface area contributed by atoms with Crippen LogP contribution in [0.4, 0.5) is 20.6 Å². The summed E-state index contributed by atoms with van der Waals surface area (Å²) < 4.78 is 31.8. The minimum Gasteiger partial charge on any atom is -0.442 e. The van der Waals surface area contributed by atoms with E-state index >= 15 is 4.39 Å². The van der Waals surface area contributed by atoms with Gasteiger partial charge in [-0.1, -0.05) is 12.1 Å². The molecule has 2 saturated heterocycles. The van der Waals surface area contributed by atoms with Crippen LogP contribution in [0.25, 0.3) is 0 Å². The Bertz CT molecular complexity index is 1280. The summed E-state index contributed by atoms with van der Waals surface area (Å²) in [6.45, 7) is 1.61. The summed E-state index contributed by atoms with van der Waals surface area (Å²) in [4.78, 5) is 55.7. The van der Waals surface area contributed by atoms with E-state index in [9.17, 15) is 23.4 Å². The SMILES string of the molecule is CS(=O)CC(=O)N1CCN(c2ccc(N3C[C@H](CN4C(=O)c5ccccc5C4=O)OC3=O)cc2F)CC1. The van der Waals surface area contributed by atoms with Gasteiger partial charge in [0.05, 0.1) is 35.6 Å². The van der Waals surface area contributed by atoms with E-state index in [0.29, 0.717) is 48.7 Å². The van der Waals surface area contributed by atoms with Crippen molar-refractivity contribution in [3.63, 3.8) is 0 Å². The normalized spacial score (nSPS) is 20.4. The fourth-order valence-electron chi connectivity index (χ4n) is 4.82. The predicted octanol–water partition coefficient (Wildman–Crippen LogP) is 1.47. The van der Waals surface area contributed by atoms with E-state index in [4.69, 9.17) is 4.74 Å². The molecule has 0 bridgehead atoms. The molecule has 2 aromatic rings. The van der Waals surface area contributed by atoms with Gasteiger partial charge in [-0.05, 0) is 30.3 Å². The second-order valence-electron chi connectivity index (χ2n) is 9.10. The molecule has 2 aromatic carbocycles. The number of nitrogens with zero attached hydrogens (tertiary/aromatic N) is 4. The van der Waals surface area contributed by atoms with E-state index in [1.807, 2.05) is 4.90 Å². The van der Waals surface area contributed by atoms with Gasteiger partial charge in [0.25, 0.3) is 11.8 Å². The molecule has 0 aliphatic carbocycles. The van der Waals surface area contributed by atoms with Crippen molar-refractivity contribution in [2.45, 2.75) is 6.10 Å². The highest BCUT2D eigenvalue weighted by Gasteiger charge is 2.41. The average molecular weight is 529 g/mol. The molecule has 2 atom stereocenters. The molecular formula is C25H25FN4O6S. The highest BCUT2D eigenvalue weighted by atomic mass is 32.2. The van der Waals surface area contributed by atoms with Crippen molar-refractivity contribution in [1.82, 2.24) is 9.80 Å². The zero-order valence-electron chi connectivity index (χ0n) is 20.1. The Labute approximate surface area is 215 Å². The number of hydrogen-bond donors (Lipinski definition) is 0. The number of hydrogen-bond acceptors (Lipinski definition) is 7. The van der Waals surface area contributed by atoms with Gasteiger partial charge >= 0.3 is 6.09 Å². The number of fused-ring (bicyclic) bond motifs is 1. The van der Waals surface area contributed by atoms with E-state index in [-0.39, 0.29) is 24.7 Å². The van der Waals surface area contributed by atoms with Crippen molar-refractivity contribution in [3.05, 3.63) is 59.4 Å². The molecule has 37 heavy (non-hydrogen) atoms. The summed E-state index contributed by atoms with van der Waals surface area (Å²) in [5, 5.41) is 0. The van der Waals surface area contributed by atoms with Crippen LogP contribution in [0.5, 0.6) is 0 Å². The molecule has 0 aromatic heterocycles. The molecule has 1 unspecified atom stereocenters. The minimum absolute atomic E-state index is 0.0248. The van der Waals surface area contributed by atoms with E-state index in [2.05, 4.69) is 0 Å². The Balaban J connectivity index is 1.22. The van der Waals surface area contributed by atoms with Gasteiger partial charge in [-0.2, -0.15) is 0 Å². The van der Waals surface area contributed by atoms with Crippen molar-refractivity contribution in [3.8, 4) is 0 Å². The van der Waals surface area contributed by atoms with Crippen LogP contribution < -0.4 is 9.80 Å². The highest BCUT2D eigenvalue weighted by molar-refractivity contribution is 7.85. The minimum atomic E-state index is -1.21. The first-order valence-electron chi connectivity index (χ1n) is 11.8. The zero-order valence-corrected chi connectivity index (χ0v) is 20.9. The lowest BCUT2D eigenvalue weighted by atomic mass is 10.1. The number of halogens is 1. The van der Waals surface area contributed by atoms with Crippen LogP contribution in [0.3, 0.4) is 0 Å². The first kappa shape index (κ1) is 24.9. The van der Waals surface area contributed by atoms with Crippen LogP contribution in [0.15, 0.2) is 42.5 Å². The lowest BCUT2D eigenvalue weighted by Gasteiger charge is -2.36. The van der Waals surface area contributed by atoms with Crippen molar-refractivity contribution in [1.29, 1.82) is 0 Å². The van der Waals surface area contributed by atoms with E-state index < -0.39 is 40.6 Å². The lowest BCUT2D eigenvalue weighted by Crippen LogP contribution is -2.50. The number of piperazine rings is 1. The summed E-state index contributed by atoms with van der Waals surface area (Å²) in [5.74, 6) is -1.60. The van der Waals surface area contributed by atoms with Crippen molar-refractivity contribution in [2.75, 3.05) is 61.1 Å². The molecule has 3 aliphatic rings. The molecule has 2 fully saturated rings. The quantitative estimate of drug-likeness (QED) is 0.523. The number of ether oxygens (including phenoxy) is 1. The highest BCUT2D eigenvalue weighted by Crippen LogP contribution is 2.30. The molecule has 0 N–H and O–H groups in total. The molecule has 4 amide bonds. The molecule has 10 nitrogen and oxygen atoms in total. The fraction of sp³-hybridized carbons (Fsp3) is 0.360. The van der Waals surface area contributed by atoms with Crippen LogP contribution in [0.2, 0.25) is 0 Å². The second kappa shape index (κ2) is 9.92. The third-order valence-electron chi connectivity index (χ3n) is 6.68. The average Bonchev–Trinajstić information content (AvgIpc) is 3.36. The van der Waals surface area contributed by atoms with Gasteiger partial charge in [0.1, 0.15) is 17.7 Å². The molecular weight excluding hydrogens is 503 g/mol. The largest absolute Gasteiger partial charge is 0.442 e. The zero-order chi connectivity index (χ0) is 26.3. The van der Waals surface area contributed by atoms with Crippen LogP contribution in [-0.4, -0.2) is 95.2 Å². The number of rotatable bonds is 6. The monoisotopic (exact) mass is 528 g/mol. The summed E-state index contributed by atoms with van der Waals surface area (Å²) in [7, 11) is -1.21. The van der Waals surface area contributed by atoms with Gasteiger partial charge in [0.15, 0.2) is 0 Å². The van der Waals surface area contributed by atoms with Crippen LogP contribution in [0.1, 0.15) is 20.7 Å². The van der Waals surface area contributed by atoms with Crippen LogP contribution in [0, 0.1) is 5.82 Å². The van der Waals surface area contributed by atoms with Gasteiger partial charge in [0.2, 0.25) is 5.91 Å². The van der Waals surface area contributed by atoms with Crippen molar-refractivity contribution in [2.24, 2.45) is 0 Å². The van der Waals surface area contributed by atoms with Crippen molar-refractivity contribution >= 4 is 46.0 Å². The number of carbonyl (C=O) groups is 4. The molecule has 3 aliphatic heterocycles. The summed E-state index contributed by atoms with van der Waals surface area (Å²) >= 11 is 0. The Morgan fingerprint density at radius 1 is 1.03 bits per heavy atom. The number of imide groups is 1. The maximum Gasteiger partial charge on any atom is 0.414 e. The summed E-state index contributed by atoms with van der Waals surface area (Å²) in [6.07, 6.45) is 0.0447. The topological polar surface area (TPSA) is 108 Å². The molecule has 12 heteroatoms. The number of amides is 4. The number of benzene rings is 2. The van der Waals surface area contributed by atoms with Gasteiger partial charge in [-0.3, -0.25) is 28.4 Å². The smallest absolute Gasteiger partial charge is 0.414 e. The standard InChI is InChI=1S/C25H25FN4O6S/c1-37(35)15-22(31)28-10-8-27(9-11-28)21-7-6-16(12-20(21)26)29-13-17(36-25(29)34)14-30-23(32)18-4-2-3-5-19(18)24(30)33/h2-7,12,17H,8-11,13-15H2,1H3/t17-,37?/m1/s1. The first-order chi connectivity index (χ1) is 17.7. The third kappa shape index (κ3) is 4.80. The number of carbonyl (C=O) groups excluding carboxylic acids is 4.